The first-order valence-electron chi connectivity index (χ1n) is 9.29. The SMILES string of the molecule is CCN(CC)S(=O)(=O)c1cccc(NC(=O)CN2C(=O)COc3ccccc32)c1. The fourth-order valence-corrected chi connectivity index (χ4v) is 4.62. The number of benzene rings is 2. The van der Waals surface area contributed by atoms with Crippen LogP contribution in [0.2, 0.25) is 0 Å². The quantitative estimate of drug-likeness (QED) is 0.744. The lowest BCUT2D eigenvalue weighted by atomic mass is 10.2. The Morgan fingerprint density at radius 2 is 1.86 bits per heavy atom. The molecule has 0 unspecified atom stereocenters. The molecule has 0 atom stereocenters. The second-order valence-electron chi connectivity index (χ2n) is 6.40. The van der Waals surface area contributed by atoms with E-state index in [2.05, 4.69) is 5.32 Å². The predicted molar refractivity (Wildman–Crippen MR) is 109 cm³/mol. The van der Waals surface area contributed by atoms with Crippen LogP contribution in [0.15, 0.2) is 53.4 Å². The zero-order valence-electron chi connectivity index (χ0n) is 16.3. The smallest absolute Gasteiger partial charge is 0.265 e. The summed E-state index contributed by atoms with van der Waals surface area (Å²) >= 11 is 0. The van der Waals surface area contributed by atoms with Gasteiger partial charge in [-0.15, -0.1) is 0 Å². The monoisotopic (exact) mass is 417 g/mol. The molecule has 29 heavy (non-hydrogen) atoms. The summed E-state index contributed by atoms with van der Waals surface area (Å²) in [5.74, 6) is -0.226. The van der Waals surface area contributed by atoms with Crippen LogP contribution < -0.4 is 15.0 Å². The molecule has 0 bridgehead atoms. The second kappa shape index (κ2) is 8.62. The average molecular weight is 417 g/mol. The van der Waals surface area contributed by atoms with Crippen molar-refractivity contribution in [3.05, 3.63) is 48.5 Å². The lowest BCUT2D eigenvalue weighted by molar-refractivity contribution is -0.123. The Balaban J connectivity index is 1.76. The molecule has 1 aliphatic rings. The van der Waals surface area contributed by atoms with E-state index in [9.17, 15) is 18.0 Å². The van der Waals surface area contributed by atoms with Crippen molar-refractivity contribution in [1.29, 1.82) is 0 Å². The van der Waals surface area contributed by atoms with Gasteiger partial charge in [0.05, 0.1) is 10.6 Å². The molecule has 0 spiro atoms. The van der Waals surface area contributed by atoms with Crippen LogP contribution in [0, 0.1) is 0 Å². The Labute approximate surface area is 170 Å². The Hall–Kier alpha value is -2.91. The van der Waals surface area contributed by atoms with E-state index < -0.39 is 15.9 Å². The van der Waals surface area contributed by atoms with E-state index in [1.165, 1.54) is 21.3 Å². The standard InChI is InChI=1S/C20H23N3O5S/c1-3-22(4-2)29(26,27)16-9-7-8-15(12-16)21-19(24)13-23-17-10-5-6-11-18(17)28-14-20(23)25/h5-12H,3-4,13-14H2,1-2H3,(H,21,24). The number of amides is 2. The number of carbonyl (C=O) groups excluding carboxylic acids is 2. The number of carbonyl (C=O) groups is 2. The number of anilines is 2. The lowest BCUT2D eigenvalue weighted by Crippen LogP contribution is -2.43. The molecule has 0 saturated carbocycles. The van der Waals surface area contributed by atoms with Crippen LogP contribution in [0.25, 0.3) is 0 Å². The van der Waals surface area contributed by atoms with E-state index >= 15 is 0 Å². The van der Waals surface area contributed by atoms with E-state index in [1.807, 2.05) is 0 Å². The van der Waals surface area contributed by atoms with Gasteiger partial charge in [0.2, 0.25) is 15.9 Å². The van der Waals surface area contributed by atoms with E-state index in [0.29, 0.717) is 30.2 Å². The summed E-state index contributed by atoms with van der Waals surface area (Å²) < 4.78 is 32.1. The summed E-state index contributed by atoms with van der Waals surface area (Å²) in [6.07, 6.45) is 0. The van der Waals surface area contributed by atoms with Gasteiger partial charge in [0.15, 0.2) is 6.61 Å². The average Bonchev–Trinajstić information content (AvgIpc) is 2.71. The van der Waals surface area contributed by atoms with Crippen molar-refractivity contribution < 1.29 is 22.7 Å². The van der Waals surface area contributed by atoms with Crippen molar-refractivity contribution in [3.8, 4) is 5.75 Å². The number of para-hydroxylation sites is 2. The topological polar surface area (TPSA) is 96.0 Å². The first kappa shape index (κ1) is 20.8. The molecule has 2 aromatic rings. The number of hydrogen-bond acceptors (Lipinski definition) is 5. The highest BCUT2D eigenvalue weighted by atomic mass is 32.2. The maximum Gasteiger partial charge on any atom is 0.265 e. The van der Waals surface area contributed by atoms with Crippen LogP contribution in [-0.2, 0) is 19.6 Å². The van der Waals surface area contributed by atoms with Gasteiger partial charge in [-0.1, -0.05) is 32.0 Å². The minimum Gasteiger partial charge on any atom is -0.482 e. The van der Waals surface area contributed by atoms with Crippen LogP contribution in [0.4, 0.5) is 11.4 Å². The third-order valence-electron chi connectivity index (χ3n) is 4.57. The number of nitrogens with zero attached hydrogens (tertiary/aromatic N) is 2. The molecule has 1 N–H and O–H groups in total. The largest absolute Gasteiger partial charge is 0.482 e. The molecular formula is C20H23N3O5S. The Bertz CT molecular complexity index is 1020. The summed E-state index contributed by atoms with van der Waals surface area (Å²) in [5.41, 5.74) is 0.869. The van der Waals surface area contributed by atoms with Crippen molar-refractivity contribution in [2.24, 2.45) is 0 Å². The molecule has 0 aliphatic carbocycles. The summed E-state index contributed by atoms with van der Waals surface area (Å²) in [7, 11) is -3.63. The zero-order chi connectivity index (χ0) is 21.0. The van der Waals surface area contributed by atoms with Gasteiger partial charge in [0, 0.05) is 18.8 Å². The van der Waals surface area contributed by atoms with E-state index in [4.69, 9.17) is 4.74 Å². The Kier molecular flexibility index (Phi) is 6.19. The summed E-state index contributed by atoms with van der Waals surface area (Å²) in [6, 6.07) is 13.1. The van der Waals surface area contributed by atoms with Crippen LogP contribution >= 0.6 is 0 Å². The van der Waals surface area contributed by atoms with Gasteiger partial charge in [-0.05, 0) is 30.3 Å². The van der Waals surface area contributed by atoms with Gasteiger partial charge in [-0.25, -0.2) is 8.42 Å². The molecule has 0 fully saturated rings. The minimum atomic E-state index is -3.63. The molecule has 1 aliphatic heterocycles. The van der Waals surface area contributed by atoms with Gasteiger partial charge in [0.1, 0.15) is 12.3 Å². The van der Waals surface area contributed by atoms with Gasteiger partial charge in [-0.2, -0.15) is 4.31 Å². The fraction of sp³-hybridized carbons (Fsp3) is 0.300. The van der Waals surface area contributed by atoms with E-state index in [1.54, 1.807) is 50.2 Å². The fourth-order valence-electron chi connectivity index (χ4n) is 3.12. The number of ether oxygens (including phenoxy) is 1. The van der Waals surface area contributed by atoms with Crippen LogP contribution in [0.1, 0.15) is 13.8 Å². The Morgan fingerprint density at radius 3 is 2.59 bits per heavy atom. The molecule has 9 heteroatoms. The molecule has 3 rings (SSSR count). The van der Waals surface area contributed by atoms with Gasteiger partial charge in [-0.3, -0.25) is 14.5 Å². The summed E-state index contributed by atoms with van der Waals surface area (Å²) in [5, 5.41) is 2.67. The molecule has 0 saturated heterocycles. The molecule has 0 aromatic heterocycles. The molecule has 1 heterocycles. The molecule has 154 valence electrons. The van der Waals surface area contributed by atoms with Crippen molar-refractivity contribution in [3.63, 3.8) is 0 Å². The van der Waals surface area contributed by atoms with Gasteiger partial charge >= 0.3 is 0 Å². The maximum absolute atomic E-state index is 12.7. The zero-order valence-corrected chi connectivity index (χ0v) is 17.1. The van der Waals surface area contributed by atoms with Crippen molar-refractivity contribution in [2.45, 2.75) is 18.7 Å². The van der Waals surface area contributed by atoms with Crippen LogP contribution in [0.3, 0.4) is 0 Å². The first-order chi connectivity index (χ1) is 13.9. The minimum absolute atomic E-state index is 0.104. The third-order valence-corrected chi connectivity index (χ3v) is 6.62. The van der Waals surface area contributed by atoms with Crippen molar-refractivity contribution in [1.82, 2.24) is 4.31 Å². The summed E-state index contributed by atoms with van der Waals surface area (Å²) in [6.45, 7) is 3.91. The highest BCUT2D eigenvalue weighted by Crippen LogP contribution is 2.31. The molecule has 2 aromatic carbocycles. The lowest BCUT2D eigenvalue weighted by Gasteiger charge is -2.28. The highest BCUT2D eigenvalue weighted by Gasteiger charge is 2.27. The maximum atomic E-state index is 12.7. The number of nitrogens with one attached hydrogen (secondary N) is 1. The molecular weight excluding hydrogens is 394 g/mol. The molecule has 8 nitrogen and oxygen atoms in total. The first-order valence-corrected chi connectivity index (χ1v) is 10.7. The van der Waals surface area contributed by atoms with Crippen molar-refractivity contribution >= 4 is 33.2 Å². The normalized spacial score (nSPS) is 13.8. The summed E-state index contributed by atoms with van der Waals surface area (Å²) in [4.78, 5) is 26.2. The van der Waals surface area contributed by atoms with Gasteiger partial charge < -0.3 is 10.1 Å². The number of sulfonamides is 1. The Morgan fingerprint density at radius 1 is 1.14 bits per heavy atom. The highest BCUT2D eigenvalue weighted by molar-refractivity contribution is 7.89. The second-order valence-corrected chi connectivity index (χ2v) is 8.34. The van der Waals surface area contributed by atoms with Crippen LogP contribution in [0.5, 0.6) is 5.75 Å². The van der Waals surface area contributed by atoms with Crippen molar-refractivity contribution in [2.75, 3.05) is 36.5 Å². The van der Waals surface area contributed by atoms with E-state index in [-0.39, 0.29) is 24.0 Å². The molecule has 2 amide bonds. The number of hydrogen-bond donors (Lipinski definition) is 1. The van der Waals surface area contributed by atoms with Crippen LogP contribution in [-0.4, -0.2) is 50.8 Å². The van der Waals surface area contributed by atoms with Gasteiger partial charge in [0.25, 0.3) is 5.91 Å². The predicted octanol–water partition coefficient (Wildman–Crippen LogP) is 2.08. The number of rotatable bonds is 7. The third kappa shape index (κ3) is 4.41. The molecule has 0 radical (unpaired) electrons. The number of fused-ring (bicyclic) bond motifs is 1. The van der Waals surface area contributed by atoms with E-state index in [0.717, 1.165) is 0 Å².